The largest absolute Gasteiger partial charge is 0.416 e. The zero-order chi connectivity index (χ0) is 16.3. The van der Waals surface area contributed by atoms with Gasteiger partial charge in [0, 0.05) is 5.56 Å². The quantitative estimate of drug-likeness (QED) is 0.840. The number of carbonyl (C=O) groups excluding carboxylic acids is 1. The third-order valence-electron chi connectivity index (χ3n) is 3.17. The normalized spacial score (nSPS) is 12.8. The van der Waals surface area contributed by atoms with E-state index in [9.17, 15) is 22.4 Å². The van der Waals surface area contributed by atoms with Crippen LogP contribution in [-0.4, -0.2) is 5.91 Å². The molecule has 1 amide bonds. The molecule has 0 aliphatic carbocycles. The molecule has 0 aromatic heterocycles. The van der Waals surface area contributed by atoms with Crippen molar-refractivity contribution in [3.05, 3.63) is 71.0 Å². The van der Waals surface area contributed by atoms with E-state index in [2.05, 4.69) is 5.32 Å². The van der Waals surface area contributed by atoms with Crippen molar-refractivity contribution in [1.82, 2.24) is 5.32 Å². The zero-order valence-corrected chi connectivity index (χ0v) is 11.6. The summed E-state index contributed by atoms with van der Waals surface area (Å²) in [5.74, 6) is -1.03. The van der Waals surface area contributed by atoms with Crippen LogP contribution in [0.4, 0.5) is 17.6 Å². The Labute approximate surface area is 124 Å². The number of halogens is 4. The van der Waals surface area contributed by atoms with E-state index >= 15 is 0 Å². The van der Waals surface area contributed by atoms with Crippen molar-refractivity contribution < 1.29 is 22.4 Å². The smallest absolute Gasteiger partial charge is 0.346 e. The van der Waals surface area contributed by atoms with Crippen molar-refractivity contribution in [2.75, 3.05) is 0 Å². The van der Waals surface area contributed by atoms with Gasteiger partial charge in [-0.05, 0) is 42.8 Å². The Morgan fingerprint density at radius 1 is 1.09 bits per heavy atom. The van der Waals surface area contributed by atoms with E-state index in [1.54, 1.807) is 6.92 Å². The Bertz CT molecular complexity index is 665. The van der Waals surface area contributed by atoms with Crippen LogP contribution >= 0.6 is 0 Å². The maximum Gasteiger partial charge on any atom is 0.416 e. The van der Waals surface area contributed by atoms with Gasteiger partial charge in [0.2, 0.25) is 0 Å². The lowest BCUT2D eigenvalue weighted by Gasteiger charge is -2.15. The summed E-state index contributed by atoms with van der Waals surface area (Å²) in [6.45, 7) is 1.64. The molecule has 116 valence electrons. The highest BCUT2D eigenvalue weighted by atomic mass is 19.4. The first-order valence-electron chi connectivity index (χ1n) is 6.51. The first-order chi connectivity index (χ1) is 10.3. The van der Waals surface area contributed by atoms with Crippen LogP contribution in [0.15, 0.2) is 48.5 Å². The lowest BCUT2D eigenvalue weighted by Crippen LogP contribution is -2.26. The second kappa shape index (κ2) is 6.17. The summed E-state index contributed by atoms with van der Waals surface area (Å²) in [7, 11) is 0. The number of hydrogen-bond donors (Lipinski definition) is 1. The van der Waals surface area contributed by atoms with E-state index in [0.717, 1.165) is 18.2 Å². The number of hydrogen-bond acceptors (Lipinski definition) is 1. The van der Waals surface area contributed by atoms with Gasteiger partial charge in [-0.1, -0.05) is 18.2 Å². The van der Waals surface area contributed by atoms with E-state index < -0.39 is 29.5 Å². The molecule has 6 heteroatoms. The molecule has 2 aromatic rings. The predicted octanol–water partition coefficient (Wildman–Crippen LogP) is 4.34. The molecule has 2 nitrogen and oxygen atoms in total. The first-order valence-corrected chi connectivity index (χ1v) is 6.51. The fourth-order valence-electron chi connectivity index (χ4n) is 1.95. The average molecular weight is 311 g/mol. The molecular weight excluding hydrogens is 298 g/mol. The molecule has 0 aliphatic heterocycles. The Kier molecular flexibility index (Phi) is 4.49. The van der Waals surface area contributed by atoms with Crippen LogP contribution in [0.25, 0.3) is 0 Å². The minimum Gasteiger partial charge on any atom is -0.346 e. The van der Waals surface area contributed by atoms with Crippen LogP contribution in [0.3, 0.4) is 0 Å². The van der Waals surface area contributed by atoms with Crippen LogP contribution in [0.2, 0.25) is 0 Å². The van der Waals surface area contributed by atoms with E-state index in [0.29, 0.717) is 5.56 Å². The number of rotatable bonds is 3. The van der Waals surface area contributed by atoms with Crippen LogP contribution in [0.5, 0.6) is 0 Å². The number of carbonyl (C=O) groups is 1. The molecule has 0 saturated heterocycles. The Hall–Kier alpha value is -2.37. The van der Waals surface area contributed by atoms with E-state index in [-0.39, 0.29) is 5.56 Å². The molecule has 0 heterocycles. The number of benzene rings is 2. The Balaban J connectivity index is 2.09. The second-order valence-corrected chi connectivity index (χ2v) is 4.83. The van der Waals surface area contributed by atoms with Crippen LogP contribution in [0, 0.1) is 5.82 Å². The molecule has 22 heavy (non-hydrogen) atoms. The van der Waals surface area contributed by atoms with Gasteiger partial charge in [-0.3, -0.25) is 4.79 Å². The standard InChI is InChI=1S/C16H13F4NO/c1-10(11-5-7-13(8-6-11)16(18,19)20)21-15(22)12-3-2-4-14(17)9-12/h2-10H,1H3,(H,21,22). The van der Waals surface area contributed by atoms with Gasteiger partial charge in [-0.15, -0.1) is 0 Å². The SMILES string of the molecule is CC(NC(=O)c1cccc(F)c1)c1ccc(C(F)(F)F)cc1. The number of nitrogens with one attached hydrogen (secondary N) is 1. The van der Waals surface area contributed by atoms with E-state index in [4.69, 9.17) is 0 Å². The average Bonchev–Trinajstić information content (AvgIpc) is 2.46. The monoisotopic (exact) mass is 311 g/mol. The van der Waals surface area contributed by atoms with Gasteiger partial charge in [-0.2, -0.15) is 13.2 Å². The van der Waals surface area contributed by atoms with E-state index in [1.807, 2.05) is 0 Å². The number of alkyl halides is 3. The fraction of sp³-hybridized carbons (Fsp3) is 0.188. The minimum atomic E-state index is -4.40. The van der Waals surface area contributed by atoms with Crippen molar-refractivity contribution in [3.8, 4) is 0 Å². The topological polar surface area (TPSA) is 29.1 Å². The highest BCUT2D eigenvalue weighted by Gasteiger charge is 2.30. The molecule has 0 spiro atoms. The molecule has 0 bridgehead atoms. The fourth-order valence-corrected chi connectivity index (χ4v) is 1.95. The van der Waals surface area contributed by atoms with Gasteiger partial charge in [0.1, 0.15) is 5.82 Å². The van der Waals surface area contributed by atoms with Crippen molar-refractivity contribution in [2.24, 2.45) is 0 Å². The third kappa shape index (κ3) is 3.84. The highest BCUT2D eigenvalue weighted by molar-refractivity contribution is 5.94. The Morgan fingerprint density at radius 3 is 2.27 bits per heavy atom. The molecule has 0 radical (unpaired) electrons. The van der Waals surface area contributed by atoms with Gasteiger partial charge in [0.15, 0.2) is 0 Å². The summed E-state index contributed by atoms with van der Waals surface area (Å²) in [5, 5.41) is 2.61. The van der Waals surface area contributed by atoms with Gasteiger partial charge < -0.3 is 5.32 Å². The second-order valence-electron chi connectivity index (χ2n) is 4.83. The molecule has 0 fully saturated rings. The lowest BCUT2D eigenvalue weighted by atomic mass is 10.1. The van der Waals surface area contributed by atoms with Gasteiger partial charge >= 0.3 is 6.18 Å². The zero-order valence-electron chi connectivity index (χ0n) is 11.6. The summed E-state index contributed by atoms with van der Waals surface area (Å²) in [4.78, 5) is 11.9. The maximum atomic E-state index is 13.1. The third-order valence-corrected chi connectivity index (χ3v) is 3.17. The maximum absolute atomic E-state index is 13.1. The molecular formula is C16H13F4NO. The molecule has 2 rings (SSSR count). The Morgan fingerprint density at radius 2 is 1.73 bits per heavy atom. The van der Waals surface area contributed by atoms with Crippen molar-refractivity contribution >= 4 is 5.91 Å². The summed E-state index contributed by atoms with van der Waals surface area (Å²) in [5.41, 5.74) is -0.0728. The molecule has 2 aromatic carbocycles. The summed E-state index contributed by atoms with van der Waals surface area (Å²) >= 11 is 0. The number of amides is 1. The lowest BCUT2D eigenvalue weighted by molar-refractivity contribution is -0.137. The van der Waals surface area contributed by atoms with Crippen molar-refractivity contribution in [1.29, 1.82) is 0 Å². The van der Waals surface area contributed by atoms with Crippen LogP contribution < -0.4 is 5.32 Å². The van der Waals surface area contributed by atoms with Crippen molar-refractivity contribution in [3.63, 3.8) is 0 Å². The predicted molar refractivity (Wildman–Crippen MR) is 73.7 cm³/mol. The van der Waals surface area contributed by atoms with Gasteiger partial charge in [0.25, 0.3) is 5.91 Å². The molecule has 1 atom stereocenters. The summed E-state index contributed by atoms with van der Waals surface area (Å²) < 4.78 is 50.5. The summed E-state index contributed by atoms with van der Waals surface area (Å²) in [6, 6.07) is 9.20. The van der Waals surface area contributed by atoms with Crippen LogP contribution in [-0.2, 0) is 6.18 Å². The first kappa shape index (κ1) is 16.0. The van der Waals surface area contributed by atoms with Gasteiger partial charge in [-0.25, -0.2) is 4.39 Å². The summed E-state index contributed by atoms with van der Waals surface area (Å²) in [6.07, 6.45) is -4.40. The molecule has 1 unspecified atom stereocenters. The van der Waals surface area contributed by atoms with E-state index in [1.165, 1.54) is 30.3 Å². The van der Waals surface area contributed by atoms with Gasteiger partial charge in [0.05, 0.1) is 11.6 Å². The highest BCUT2D eigenvalue weighted by Crippen LogP contribution is 2.29. The molecule has 0 aliphatic rings. The van der Waals surface area contributed by atoms with Crippen molar-refractivity contribution in [2.45, 2.75) is 19.1 Å². The molecule has 0 saturated carbocycles. The minimum absolute atomic E-state index is 0.152. The molecule has 1 N–H and O–H groups in total. The van der Waals surface area contributed by atoms with Crippen LogP contribution in [0.1, 0.15) is 34.5 Å².